The van der Waals surface area contributed by atoms with Gasteiger partial charge in [0.25, 0.3) is 0 Å². The Morgan fingerprint density at radius 3 is 2.45 bits per heavy atom. The van der Waals surface area contributed by atoms with Crippen LogP contribution >= 0.6 is 12.2 Å². The Kier molecular flexibility index (Phi) is 6.93. The quantitative estimate of drug-likeness (QED) is 0.642. The topological polar surface area (TPSA) is 27.7 Å². The van der Waals surface area contributed by atoms with Crippen molar-refractivity contribution in [2.75, 3.05) is 39.8 Å². The van der Waals surface area contributed by atoms with E-state index in [0.717, 1.165) is 50.1 Å². The first-order chi connectivity index (χ1) is 10.7. The Balaban J connectivity index is 1.73. The van der Waals surface area contributed by atoms with Crippen LogP contribution in [0.4, 0.5) is 0 Å². The van der Waals surface area contributed by atoms with E-state index in [4.69, 9.17) is 17.0 Å². The highest BCUT2D eigenvalue weighted by Crippen LogP contribution is 2.14. The molecule has 1 aliphatic heterocycles. The highest BCUT2D eigenvalue weighted by atomic mass is 32.1. The molecule has 1 aliphatic rings. The Morgan fingerprint density at radius 1 is 1.18 bits per heavy atom. The summed E-state index contributed by atoms with van der Waals surface area (Å²) in [5.41, 5.74) is 1.33. The molecule has 1 aromatic rings. The molecule has 0 amide bonds. The van der Waals surface area contributed by atoms with E-state index >= 15 is 0 Å². The highest BCUT2D eigenvalue weighted by Gasteiger charge is 2.18. The smallest absolute Gasteiger partial charge is 0.169 e. The van der Waals surface area contributed by atoms with E-state index in [1.165, 1.54) is 18.4 Å². The van der Waals surface area contributed by atoms with E-state index in [9.17, 15) is 0 Å². The van der Waals surface area contributed by atoms with Gasteiger partial charge in [0.1, 0.15) is 5.75 Å². The van der Waals surface area contributed by atoms with Crippen LogP contribution in [0.2, 0.25) is 0 Å². The maximum Gasteiger partial charge on any atom is 0.169 e. The summed E-state index contributed by atoms with van der Waals surface area (Å²) in [7, 11) is 1.70. The Bertz CT molecular complexity index is 455. The van der Waals surface area contributed by atoms with Gasteiger partial charge in [-0.05, 0) is 36.3 Å². The number of piperazine rings is 1. The second kappa shape index (κ2) is 8.96. The standard InChI is InChI=1S/C17H27N3OS/c1-3-4-9-18-17(22)20-12-10-19(11-13-20)14-15-5-7-16(21-2)8-6-15/h5-8H,3-4,9-14H2,1-2H3,(H,18,22). The van der Waals surface area contributed by atoms with E-state index in [1.54, 1.807) is 7.11 Å². The molecular formula is C17H27N3OS. The number of nitrogens with zero attached hydrogens (tertiary/aromatic N) is 2. The van der Waals surface area contributed by atoms with Crippen LogP contribution < -0.4 is 10.1 Å². The zero-order valence-electron chi connectivity index (χ0n) is 13.7. The van der Waals surface area contributed by atoms with Gasteiger partial charge in [0.2, 0.25) is 0 Å². The second-order valence-electron chi connectivity index (χ2n) is 5.70. The van der Waals surface area contributed by atoms with Crippen LogP contribution in [0.25, 0.3) is 0 Å². The molecule has 1 heterocycles. The molecule has 0 atom stereocenters. The van der Waals surface area contributed by atoms with Gasteiger partial charge >= 0.3 is 0 Å². The molecule has 0 aromatic heterocycles. The molecule has 1 aromatic carbocycles. The lowest BCUT2D eigenvalue weighted by Gasteiger charge is -2.36. The van der Waals surface area contributed by atoms with E-state index in [2.05, 4.69) is 34.2 Å². The van der Waals surface area contributed by atoms with Crippen LogP contribution in [0.15, 0.2) is 24.3 Å². The predicted octanol–water partition coefficient (Wildman–Crippen LogP) is 2.49. The van der Waals surface area contributed by atoms with Crippen LogP contribution in [0, 0.1) is 0 Å². The summed E-state index contributed by atoms with van der Waals surface area (Å²) < 4.78 is 5.20. The number of benzene rings is 1. The van der Waals surface area contributed by atoms with Crippen LogP contribution in [-0.2, 0) is 6.54 Å². The third-order valence-electron chi connectivity index (χ3n) is 4.03. The maximum atomic E-state index is 5.47. The summed E-state index contributed by atoms with van der Waals surface area (Å²) >= 11 is 5.47. The Hall–Kier alpha value is -1.33. The normalized spacial score (nSPS) is 15.6. The average Bonchev–Trinajstić information content (AvgIpc) is 2.56. The van der Waals surface area contributed by atoms with E-state index in [0.29, 0.717) is 0 Å². The van der Waals surface area contributed by atoms with Gasteiger partial charge in [-0.3, -0.25) is 4.90 Å². The Labute approximate surface area is 139 Å². The van der Waals surface area contributed by atoms with Crippen molar-refractivity contribution in [2.24, 2.45) is 0 Å². The first-order valence-corrected chi connectivity index (χ1v) is 8.52. The summed E-state index contributed by atoms with van der Waals surface area (Å²) in [4.78, 5) is 4.77. The molecule has 0 bridgehead atoms. The molecule has 5 heteroatoms. The lowest BCUT2D eigenvalue weighted by Crippen LogP contribution is -2.51. The number of unbranched alkanes of at least 4 members (excludes halogenated alkanes) is 1. The van der Waals surface area contributed by atoms with Gasteiger partial charge in [0.15, 0.2) is 5.11 Å². The second-order valence-corrected chi connectivity index (χ2v) is 6.08. The molecule has 1 saturated heterocycles. The number of hydrogen-bond acceptors (Lipinski definition) is 3. The maximum absolute atomic E-state index is 5.47. The molecule has 0 saturated carbocycles. The molecule has 122 valence electrons. The van der Waals surface area contributed by atoms with Crippen molar-refractivity contribution in [3.05, 3.63) is 29.8 Å². The molecule has 2 rings (SSSR count). The third kappa shape index (κ3) is 5.14. The summed E-state index contributed by atoms with van der Waals surface area (Å²) in [6, 6.07) is 8.33. The largest absolute Gasteiger partial charge is 0.497 e. The summed E-state index contributed by atoms with van der Waals surface area (Å²) in [5, 5.41) is 4.27. The van der Waals surface area contributed by atoms with E-state index in [1.807, 2.05) is 12.1 Å². The number of hydrogen-bond donors (Lipinski definition) is 1. The van der Waals surface area contributed by atoms with Crippen molar-refractivity contribution in [1.29, 1.82) is 0 Å². The first kappa shape index (κ1) is 17.0. The number of nitrogens with one attached hydrogen (secondary N) is 1. The third-order valence-corrected chi connectivity index (χ3v) is 4.43. The minimum absolute atomic E-state index is 0.914. The van der Waals surface area contributed by atoms with Gasteiger partial charge in [0.05, 0.1) is 7.11 Å². The van der Waals surface area contributed by atoms with Gasteiger partial charge in [0, 0.05) is 39.3 Å². The minimum Gasteiger partial charge on any atom is -0.497 e. The molecule has 1 N–H and O–H groups in total. The molecule has 22 heavy (non-hydrogen) atoms. The highest BCUT2D eigenvalue weighted by molar-refractivity contribution is 7.80. The monoisotopic (exact) mass is 321 g/mol. The van der Waals surface area contributed by atoms with E-state index in [-0.39, 0.29) is 0 Å². The number of methoxy groups -OCH3 is 1. The lowest BCUT2D eigenvalue weighted by molar-refractivity contribution is 0.174. The number of rotatable bonds is 6. The first-order valence-electron chi connectivity index (χ1n) is 8.11. The molecule has 0 spiro atoms. The van der Waals surface area contributed by atoms with Crippen molar-refractivity contribution in [2.45, 2.75) is 26.3 Å². The van der Waals surface area contributed by atoms with Crippen LogP contribution in [0.5, 0.6) is 5.75 Å². The van der Waals surface area contributed by atoms with Crippen molar-refractivity contribution < 1.29 is 4.74 Å². The van der Waals surface area contributed by atoms with Crippen LogP contribution in [0.1, 0.15) is 25.3 Å². The molecular weight excluding hydrogens is 294 g/mol. The fraction of sp³-hybridized carbons (Fsp3) is 0.588. The van der Waals surface area contributed by atoms with Gasteiger partial charge in [-0.1, -0.05) is 25.5 Å². The number of thiocarbonyl (C=S) groups is 1. The predicted molar refractivity (Wildman–Crippen MR) is 95.4 cm³/mol. The lowest BCUT2D eigenvalue weighted by atomic mass is 10.2. The summed E-state index contributed by atoms with van der Waals surface area (Å²) in [6.45, 7) is 8.31. The van der Waals surface area contributed by atoms with Crippen molar-refractivity contribution in [3.8, 4) is 5.75 Å². The van der Waals surface area contributed by atoms with Gasteiger partial charge in [-0.25, -0.2) is 0 Å². The molecule has 0 aliphatic carbocycles. The SMILES string of the molecule is CCCCNC(=S)N1CCN(Cc2ccc(OC)cc2)CC1. The molecule has 4 nitrogen and oxygen atoms in total. The van der Waals surface area contributed by atoms with Gasteiger partial charge in [-0.2, -0.15) is 0 Å². The fourth-order valence-corrected chi connectivity index (χ4v) is 2.87. The number of ether oxygens (including phenoxy) is 1. The zero-order chi connectivity index (χ0) is 15.8. The molecule has 0 radical (unpaired) electrons. The fourth-order valence-electron chi connectivity index (χ4n) is 2.58. The molecule has 0 unspecified atom stereocenters. The van der Waals surface area contributed by atoms with E-state index < -0.39 is 0 Å². The average molecular weight is 321 g/mol. The van der Waals surface area contributed by atoms with Crippen molar-refractivity contribution in [3.63, 3.8) is 0 Å². The molecule has 1 fully saturated rings. The summed E-state index contributed by atoms with van der Waals surface area (Å²) in [6.07, 6.45) is 2.38. The zero-order valence-corrected chi connectivity index (χ0v) is 14.5. The van der Waals surface area contributed by atoms with Gasteiger partial charge in [-0.15, -0.1) is 0 Å². The summed E-state index contributed by atoms with van der Waals surface area (Å²) in [5.74, 6) is 0.914. The Morgan fingerprint density at radius 2 is 1.86 bits per heavy atom. The minimum atomic E-state index is 0.914. The van der Waals surface area contributed by atoms with Crippen molar-refractivity contribution in [1.82, 2.24) is 15.1 Å². The van der Waals surface area contributed by atoms with Gasteiger partial charge < -0.3 is 15.0 Å². The van der Waals surface area contributed by atoms with Crippen LogP contribution in [-0.4, -0.2) is 54.7 Å². The van der Waals surface area contributed by atoms with Crippen molar-refractivity contribution >= 4 is 17.3 Å². The van der Waals surface area contributed by atoms with Crippen LogP contribution in [0.3, 0.4) is 0 Å².